The normalized spacial score (nSPS) is 14.0. The highest BCUT2D eigenvalue weighted by Crippen LogP contribution is 2.21. The molecule has 28 heavy (non-hydrogen) atoms. The van der Waals surface area contributed by atoms with E-state index in [1.807, 2.05) is 0 Å². The lowest BCUT2D eigenvalue weighted by atomic mass is 10.1. The lowest BCUT2D eigenvalue weighted by molar-refractivity contribution is -0.385. The molecule has 3 rings (SSSR count). The first-order chi connectivity index (χ1) is 13.5. The third-order valence-electron chi connectivity index (χ3n) is 5.24. The van der Waals surface area contributed by atoms with Gasteiger partial charge in [0.15, 0.2) is 0 Å². The highest BCUT2D eigenvalue weighted by molar-refractivity contribution is 5.94. The van der Waals surface area contributed by atoms with Crippen molar-refractivity contribution in [3.8, 4) is 0 Å². The Balaban J connectivity index is 1.44. The van der Waals surface area contributed by atoms with Crippen LogP contribution in [0.5, 0.6) is 0 Å². The number of rotatable bonds is 7. The van der Waals surface area contributed by atoms with E-state index in [0.29, 0.717) is 17.7 Å². The third kappa shape index (κ3) is 5.09. The SMILES string of the molecule is Cc1cc(C(=O)NCCCc2ccc(N3CCCCC3)cc2)ccc1[N+](=O)[O-]. The molecule has 1 N–H and O–H groups in total. The third-order valence-corrected chi connectivity index (χ3v) is 5.24. The van der Waals surface area contributed by atoms with Crippen LogP contribution in [-0.2, 0) is 6.42 Å². The van der Waals surface area contributed by atoms with E-state index in [2.05, 4.69) is 34.5 Å². The minimum Gasteiger partial charge on any atom is -0.372 e. The summed E-state index contributed by atoms with van der Waals surface area (Å²) in [6.07, 6.45) is 5.63. The number of nitrogens with one attached hydrogen (secondary N) is 1. The predicted molar refractivity (Wildman–Crippen MR) is 111 cm³/mol. The first-order valence-electron chi connectivity index (χ1n) is 9.92. The Hall–Kier alpha value is -2.89. The van der Waals surface area contributed by atoms with E-state index in [4.69, 9.17) is 0 Å². The van der Waals surface area contributed by atoms with E-state index in [0.717, 1.165) is 25.9 Å². The average Bonchev–Trinajstić information content (AvgIpc) is 2.72. The van der Waals surface area contributed by atoms with Crippen LogP contribution >= 0.6 is 0 Å². The lowest BCUT2D eigenvalue weighted by Gasteiger charge is -2.28. The quantitative estimate of drug-likeness (QED) is 0.442. The summed E-state index contributed by atoms with van der Waals surface area (Å²) in [5.41, 5.74) is 3.54. The van der Waals surface area contributed by atoms with Gasteiger partial charge in [-0.25, -0.2) is 0 Å². The van der Waals surface area contributed by atoms with Gasteiger partial charge in [0.2, 0.25) is 0 Å². The number of hydrogen-bond donors (Lipinski definition) is 1. The topological polar surface area (TPSA) is 75.5 Å². The number of carbonyl (C=O) groups excluding carboxylic acids is 1. The summed E-state index contributed by atoms with van der Waals surface area (Å²) in [5.74, 6) is -0.196. The van der Waals surface area contributed by atoms with Crippen molar-refractivity contribution >= 4 is 17.3 Å². The maximum absolute atomic E-state index is 12.2. The summed E-state index contributed by atoms with van der Waals surface area (Å²) >= 11 is 0. The molecule has 2 aromatic rings. The summed E-state index contributed by atoms with van der Waals surface area (Å²) in [5, 5.41) is 13.8. The fraction of sp³-hybridized carbons (Fsp3) is 0.409. The Morgan fingerprint density at radius 3 is 2.46 bits per heavy atom. The second-order valence-electron chi connectivity index (χ2n) is 7.33. The predicted octanol–water partition coefficient (Wildman–Crippen LogP) is 4.26. The molecule has 1 aliphatic rings. The van der Waals surface area contributed by atoms with Gasteiger partial charge in [0.1, 0.15) is 0 Å². The molecule has 1 aliphatic heterocycles. The van der Waals surface area contributed by atoms with Gasteiger partial charge in [0.25, 0.3) is 11.6 Å². The van der Waals surface area contributed by atoms with E-state index in [-0.39, 0.29) is 11.6 Å². The van der Waals surface area contributed by atoms with Crippen LogP contribution in [0.2, 0.25) is 0 Å². The van der Waals surface area contributed by atoms with Gasteiger partial charge in [-0.1, -0.05) is 12.1 Å². The second-order valence-corrected chi connectivity index (χ2v) is 7.33. The van der Waals surface area contributed by atoms with Crippen molar-refractivity contribution in [3.05, 3.63) is 69.3 Å². The van der Waals surface area contributed by atoms with Crippen LogP contribution in [0.1, 0.15) is 47.2 Å². The van der Waals surface area contributed by atoms with Crippen LogP contribution < -0.4 is 10.2 Å². The summed E-state index contributed by atoms with van der Waals surface area (Å²) in [4.78, 5) is 25.1. The number of aryl methyl sites for hydroxylation is 2. The standard InChI is InChI=1S/C22H27N3O3/c1-17-16-19(9-12-21(17)25(27)28)22(26)23-13-5-6-18-7-10-20(11-8-18)24-14-3-2-4-15-24/h7-12,16H,2-6,13-15H2,1H3,(H,23,26). The van der Waals surface area contributed by atoms with Crippen LogP contribution in [0.15, 0.2) is 42.5 Å². The molecule has 0 aromatic heterocycles. The fourth-order valence-electron chi connectivity index (χ4n) is 3.62. The molecule has 148 valence electrons. The van der Waals surface area contributed by atoms with E-state index in [1.165, 1.54) is 42.6 Å². The first kappa shape index (κ1) is 19.9. The molecule has 0 unspecified atom stereocenters. The van der Waals surface area contributed by atoms with Crippen LogP contribution in [0.25, 0.3) is 0 Å². The zero-order valence-corrected chi connectivity index (χ0v) is 16.3. The second kappa shape index (κ2) is 9.35. The Kier molecular flexibility index (Phi) is 6.63. The largest absolute Gasteiger partial charge is 0.372 e. The zero-order chi connectivity index (χ0) is 19.9. The van der Waals surface area contributed by atoms with Crippen molar-refractivity contribution in [2.45, 2.75) is 39.0 Å². The monoisotopic (exact) mass is 381 g/mol. The Morgan fingerprint density at radius 1 is 1.11 bits per heavy atom. The zero-order valence-electron chi connectivity index (χ0n) is 16.3. The molecule has 0 atom stereocenters. The van der Waals surface area contributed by atoms with Gasteiger partial charge in [0.05, 0.1) is 4.92 Å². The molecule has 0 radical (unpaired) electrons. The van der Waals surface area contributed by atoms with Crippen molar-refractivity contribution in [3.63, 3.8) is 0 Å². The minimum absolute atomic E-state index is 0.0320. The molecular formula is C22H27N3O3. The van der Waals surface area contributed by atoms with Crippen molar-refractivity contribution in [1.82, 2.24) is 5.32 Å². The van der Waals surface area contributed by atoms with E-state index < -0.39 is 4.92 Å². The number of nitrogens with zero attached hydrogens (tertiary/aromatic N) is 2. The van der Waals surface area contributed by atoms with Gasteiger partial charge < -0.3 is 10.2 Å². The molecule has 0 spiro atoms. The van der Waals surface area contributed by atoms with E-state index in [1.54, 1.807) is 13.0 Å². The van der Waals surface area contributed by atoms with Gasteiger partial charge >= 0.3 is 0 Å². The summed E-state index contributed by atoms with van der Waals surface area (Å²) in [7, 11) is 0. The smallest absolute Gasteiger partial charge is 0.272 e. The molecule has 1 heterocycles. The first-order valence-corrected chi connectivity index (χ1v) is 9.92. The minimum atomic E-state index is -0.437. The molecule has 0 bridgehead atoms. The van der Waals surface area contributed by atoms with Crippen LogP contribution in [0, 0.1) is 17.0 Å². The number of nitro benzene ring substituents is 1. The Morgan fingerprint density at radius 2 is 1.82 bits per heavy atom. The summed E-state index contributed by atoms with van der Waals surface area (Å²) in [6.45, 7) is 4.51. The van der Waals surface area contributed by atoms with Crippen LogP contribution in [0.3, 0.4) is 0 Å². The summed E-state index contributed by atoms with van der Waals surface area (Å²) < 4.78 is 0. The molecule has 1 fully saturated rings. The Labute approximate surface area is 165 Å². The van der Waals surface area contributed by atoms with Gasteiger partial charge in [-0.05, 0) is 68.9 Å². The van der Waals surface area contributed by atoms with Gasteiger partial charge in [-0.15, -0.1) is 0 Å². The van der Waals surface area contributed by atoms with Crippen molar-refractivity contribution in [2.75, 3.05) is 24.5 Å². The molecule has 0 aliphatic carbocycles. The molecule has 6 heteroatoms. The lowest BCUT2D eigenvalue weighted by Crippen LogP contribution is -2.29. The number of carbonyl (C=O) groups is 1. The van der Waals surface area contributed by atoms with Gasteiger partial charge in [-0.3, -0.25) is 14.9 Å². The molecule has 6 nitrogen and oxygen atoms in total. The number of benzene rings is 2. The van der Waals surface area contributed by atoms with Crippen molar-refractivity contribution in [2.24, 2.45) is 0 Å². The molecule has 2 aromatic carbocycles. The Bertz CT molecular complexity index is 827. The number of hydrogen-bond acceptors (Lipinski definition) is 4. The molecule has 0 saturated carbocycles. The van der Waals surface area contributed by atoms with Crippen LogP contribution in [0.4, 0.5) is 11.4 Å². The molecule has 1 amide bonds. The molecular weight excluding hydrogens is 354 g/mol. The van der Waals surface area contributed by atoms with Gasteiger partial charge in [0, 0.05) is 42.5 Å². The van der Waals surface area contributed by atoms with E-state index in [9.17, 15) is 14.9 Å². The van der Waals surface area contributed by atoms with Crippen molar-refractivity contribution in [1.29, 1.82) is 0 Å². The highest BCUT2D eigenvalue weighted by atomic mass is 16.6. The number of amides is 1. The van der Waals surface area contributed by atoms with E-state index >= 15 is 0 Å². The summed E-state index contributed by atoms with van der Waals surface area (Å²) in [6, 6.07) is 13.2. The fourth-order valence-corrected chi connectivity index (χ4v) is 3.62. The number of anilines is 1. The molecule has 1 saturated heterocycles. The maximum Gasteiger partial charge on any atom is 0.272 e. The van der Waals surface area contributed by atoms with Crippen molar-refractivity contribution < 1.29 is 9.72 Å². The maximum atomic E-state index is 12.2. The highest BCUT2D eigenvalue weighted by Gasteiger charge is 2.13. The van der Waals surface area contributed by atoms with Crippen LogP contribution in [-0.4, -0.2) is 30.5 Å². The average molecular weight is 381 g/mol. The number of piperidine rings is 1. The van der Waals surface area contributed by atoms with Gasteiger partial charge in [-0.2, -0.15) is 0 Å². The number of nitro groups is 1.